The molecule has 0 rings (SSSR count). The van der Waals surface area contributed by atoms with Crippen molar-refractivity contribution in [3.05, 3.63) is 0 Å². The summed E-state index contributed by atoms with van der Waals surface area (Å²) in [5, 5.41) is 17.3. The summed E-state index contributed by atoms with van der Waals surface area (Å²) in [6.45, 7) is -3.17. The van der Waals surface area contributed by atoms with Gasteiger partial charge in [0.05, 0.1) is 0 Å². The van der Waals surface area contributed by atoms with Gasteiger partial charge in [0.15, 0.2) is 0 Å². The van der Waals surface area contributed by atoms with Crippen molar-refractivity contribution in [2.24, 2.45) is 0 Å². The molecule has 0 amide bonds. The van der Waals surface area contributed by atoms with E-state index in [4.69, 9.17) is 33.0 Å². The number of rotatable bonds is 8. The van der Waals surface area contributed by atoms with E-state index >= 15 is 0 Å². The lowest BCUT2D eigenvalue weighted by molar-refractivity contribution is -0.280. The average Bonchev–Trinajstić information content (AvgIpc) is 2.23. The molecule has 0 aliphatic heterocycles. The van der Waals surface area contributed by atoms with E-state index in [1.165, 1.54) is 28.4 Å². The van der Waals surface area contributed by atoms with E-state index in [0.717, 1.165) is 0 Å². The summed E-state index contributed by atoms with van der Waals surface area (Å²) in [6, 6.07) is 0. The maximum absolute atomic E-state index is 8.65. The highest BCUT2D eigenvalue weighted by molar-refractivity contribution is 6.53. The lowest BCUT2D eigenvalue weighted by atomic mass is 11.2. The second-order valence-electron chi connectivity index (χ2n) is 2.23. The third-order valence-electron chi connectivity index (χ3n) is 1.38. The van der Waals surface area contributed by atoms with Crippen molar-refractivity contribution >= 4 is 9.05 Å². The highest BCUT2D eigenvalue weighted by Crippen LogP contribution is 2.14. The van der Waals surface area contributed by atoms with Crippen LogP contribution in [0.3, 0.4) is 0 Å². The number of ether oxygens (including phenoxy) is 2. The first kappa shape index (κ1) is 14.9. The van der Waals surface area contributed by atoms with E-state index in [1.807, 2.05) is 0 Å². The first-order valence-corrected chi connectivity index (χ1v) is 5.54. The number of hydrogen-bond donors (Lipinski definition) is 2. The highest BCUT2D eigenvalue weighted by atomic mass is 28.4. The van der Waals surface area contributed by atoms with Crippen LogP contribution < -0.4 is 0 Å². The molecule has 0 bridgehead atoms. The summed E-state index contributed by atoms with van der Waals surface area (Å²) in [4.78, 5) is 0. The topological polar surface area (TPSA) is 95.8 Å². The van der Waals surface area contributed by atoms with Gasteiger partial charge in [-0.25, -0.2) is 0 Å². The fraction of sp³-hybridized carbons (Fsp3) is 1.00. The van der Waals surface area contributed by atoms with Gasteiger partial charge < -0.3 is 33.0 Å². The van der Waals surface area contributed by atoms with Gasteiger partial charge in [0.2, 0.25) is 0 Å². The fourth-order valence-corrected chi connectivity index (χ4v) is 2.04. The molecule has 0 aromatic rings. The van der Waals surface area contributed by atoms with Gasteiger partial charge in [-0.2, -0.15) is 0 Å². The Kier molecular flexibility index (Phi) is 7.17. The zero-order chi connectivity index (χ0) is 11.9. The molecular formula is C6H16O8Si. The van der Waals surface area contributed by atoms with Gasteiger partial charge in [-0.05, 0) is 0 Å². The molecule has 0 aliphatic rings. The smallest absolute Gasteiger partial charge is 0.354 e. The number of aliphatic hydroxyl groups is 2. The highest BCUT2D eigenvalue weighted by Gasteiger charge is 2.48. The molecule has 92 valence electrons. The van der Waals surface area contributed by atoms with Crippen molar-refractivity contribution < 1.29 is 37.4 Å². The van der Waals surface area contributed by atoms with Gasteiger partial charge in [0, 0.05) is 28.4 Å². The largest absolute Gasteiger partial charge is 0.686 e. The van der Waals surface area contributed by atoms with Crippen molar-refractivity contribution in [3.63, 3.8) is 0 Å². The second kappa shape index (κ2) is 7.22. The monoisotopic (exact) mass is 244 g/mol. The van der Waals surface area contributed by atoms with Crippen LogP contribution in [0, 0.1) is 0 Å². The van der Waals surface area contributed by atoms with Crippen LogP contribution in [0.2, 0.25) is 0 Å². The number of methoxy groups -OCH3 is 2. The molecule has 0 saturated carbocycles. The van der Waals surface area contributed by atoms with Crippen LogP contribution in [-0.4, -0.2) is 60.7 Å². The maximum atomic E-state index is 8.65. The van der Waals surface area contributed by atoms with E-state index < -0.39 is 22.0 Å². The van der Waals surface area contributed by atoms with Crippen LogP contribution in [0.4, 0.5) is 0 Å². The Balaban J connectivity index is 4.47. The molecule has 0 saturated heterocycles. The Hall–Kier alpha value is -0.103. The van der Waals surface area contributed by atoms with Crippen molar-refractivity contribution in [3.8, 4) is 0 Å². The van der Waals surface area contributed by atoms with E-state index in [0.29, 0.717) is 0 Å². The third-order valence-corrected chi connectivity index (χ3v) is 3.36. The van der Waals surface area contributed by atoms with Gasteiger partial charge in [0.25, 0.3) is 13.0 Å². The van der Waals surface area contributed by atoms with Crippen LogP contribution in [0.5, 0.6) is 0 Å². The van der Waals surface area contributed by atoms with Crippen LogP contribution >= 0.6 is 0 Å². The first-order chi connectivity index (χ1) is 7.03. The normalized spacial score (nSPS) is 12.8. The predicted octanol–water partition coefficient (Wildman–Crippen LogP) is -1.41. The number of hydrogen-bond acceptors (Lipinski definition) is 8. The minimum atomic E-state index is -3.66. The van der Waals surface area contributed by atoms with Gasteiger partial charge >= 0.3 is 9.05 Å². The molecule has 0 aromatic heterocycles. The molecule has 2 N–H and O–H groups in total. The summed E-state index contributed by atoms with van der Waals surface area (Å²) >= 11 is 0. The van der Waals surface area contributed by atoms with Crippen LogP contribution in [-0.2, 0) is 27.2 Å². The molecule has 0 aromatic carbocycles. The van der Waals surface area contributed by atoms with Gasteiger partial charge in [-0.3, -0.25) is 4.43 Å². The minimum absolute atomic E-state index is 1.09. The Labute approximate surface area is 88.7 Å². The molecule has 0 heterocycles. The summed E-state index contributed by atoms with van der Waals surface area (Å²) in [5.74, 6) is 0. The Morgan fingerprint density at radius 3 is 1.60 bits per heavy atom. The van der Waals surface area contributed by atoms with E-state index in [1.54, 1.807) is 0 Å². The molecule has 9 heteroatoms. The first-order valence-electron chi connectivity index (χ1n) is 3.91. The zero-order valence-electron chi connectivity index (χ0n) is 9.00. The maximum Gasteiger partial charge on any atom is 0.686 e. The molecule has 8 nitrogen and oxygen atoms in total. The predicted molar refractivity (Wildman–Crippen MR) is 48.0 cm³/mol. The van der Waals surface area contributed by atoms with Crippen LogP contribution in [0.1, 0.15) is 0 Å². The van der Waals surface area contributed by atoms with E-state index in [9.17, 15) is 0 Å². The molecule has 0 unspecified atom stereocenters. The summed E-state index contributed by atoms with van der Waals surface area (Å²) in [5.41, 5.74) is 0. The van der Waals surface area contributed by atoms with Crippen LogP contribution in [0.25, 0.3) is 0 Å². The van der Waals surface area contributed by atoms with E-state index in [2.05, 4.69) is 4.43 Å². The molecule has 0 radical (unpaired) electrons. The standard InChI is InChI=1S/C6H16O8Si/c1-9-6(10-2)14-15(11-3,12-4)13-5(7)8/h5-8H,1-4H3. The molecule has 15 heavy (non-hydrogen) atoms. The summed E-state index contributed by atoms with van der Waals surface area (Å²) < 4.78 is 28.8. The van der Waals surface area contributed by atoms with Gasteiger partial charge in [-0.15, -0.1) is 0 Å². The Morgan fingerprint density at radius 1 is 0.867 bits per heavy atom. The second-order valence-corrected chi connectivity index (χ2v) is 4.52. The van der Waals surface area contributed by atoms with Gasteiger partial charge in [0.1, 0.15) is 0 Å². The van der Waals surface area contributed by atoms with Gasteiger partial charge in [-0.1, -0.05) is 0 Å². The molecule has 0 aliphatic carbocycles. The third kappa shape index (κ3) is 4.97. The number of aliphatic hydroxyl groups excluding tert-OH is 1. The molecular weight excluding hydrogens is 228 g/mol. The van der Waals surface area contributed by atoms with Crippen molar-refractivity contribution in [1.29, 1.82) is 0 Å². The molecule has 0 spiro atoms. The van der Waals surface area contributed by atoms with Crippen molar-refractivity contribution in [2.75, 3.05) is 28.4 Å². The lowest BCUT2D eigenvalue weighted by Gasteiger charge is -2.28. The van der Waals surface area contributed by atoms with Crippen molar-refractivity contribution in [2.45, 2.75) is 13.0 Å². The Bertz CT molecular complexity index is 157. The minimum Gasteiger partial charge on any atom is -0.354 e. The Morgan fingerprint density at radius 2 is 1.33 bits per heavy atom. The fourth-order valence-electron chi connectivity index (χ4n) is 0.743. The lowest BCUT2D eigenvalue weighted by Crippen LogP contribution is -2.52. The zero-order valence-corrected chi connectivity index (χ0v) is 10.00. The molecule has 0 fully saturated rings. The molecule has 0 atom stereocenters. The SMILES string of the molecule is COC(OC)O[Si](OC)(OC)OC(O)O. The van der Waals surface area contributed by atoms with Crippen LogP contribution in [0.15, 0.2) is 0 Å². The van der Waals surface area contributed by atoms with Crippen molar-refractivity contribution in [1.82, 2.24) is 0 Å². The van der Waals surface area contributed by atoms with E-state index in [-0.39, 0.29) is 0 Å². The summed E-state index contributed by atoms with van der Waals surface area (Å²) in [7, 11) is 1.47. The average molecular weight is 244 g/mol. The quantitative estimate of drug-likeness (QED) is 0.397. The summed E-state index contributed by atoms with van der Waals surface area (Å²) in [6.07, 6.45) is 0.